The van der Waals surface area contributed by atoms with E-state index in [0.717, 1.165) is 37.5 Å². The normalized spacial score (nSPS) is 37.5. The van der Waals surface area contributed by atoms with E-state index in [1.54, 1.807) is 27.7 Å². The van der Waals surface area contributed by atoms with Crippen LogP contribution in [0, 0.1) is 23.7 Å². The zero-order valence-corrected chi connectivity index (χ0v) is 68.2. The molecule has 7 aliphatic rings. The number of carbonyl (C=O) groups excluding carboxylic acids is 2. The number of carbonyl (C=O) groups is 2. The molecule has 118 heavy (non-hydrogen) atoms. The van der Waals surface area contributed by atoms with Crippen molar-refractivity contribution in [2.45, 2.75) is 288 Å². The number of esters is 2. The van der Waals surface area contributed by atoms with E-state index >= 15 is 0 Å². The Morgan fingerprint density at radius 3 is 0.864 bits per heavy atom. The van der Waals surface area contributed by atoms with Crippen LogP contribution in [0.5, 0.6) is 0 Å². The summed E-state index contributed by atoms with van der Waals surface area (Å²) in [6.07, 6.45) is -14.3. The van der Waals surface area contributed by atoms with E-state index < -0.39 is 221 Å². The van der Waals surface area contributed by atoms with Gasteiger partial charge in [-0.2, -0.15) is 9.97 Å². The number of nitrogen functional groups attached to an aromatic ring is 2. The van der Waals surface area contributed by atoms with Gasteiger partial charge in [0.25, 0.3) is 16.7 Å². The molecule has 7 aliphatic heterocycles. The molecule has 0 spiro atoms. The summed E-state index contributed by atoms with van der Waals surface area (Å²) in [5.74, 6) is -2.24. The van der Waals surface area contributed by atoms with Gasteiger partial charge in [-0.05, 0) is 86.3 Å². The van der Waals surface area contributed by atoms with E-state index in [1.165, 1.54) is 81.3 Å². The Bertz CT molecular complexity index is 4360. The van der Waals surface area contributed by atoms with Crippen molar-refractivity contribution in [1.29, 1.82) is 0 Å². The first-order chi connectivity index (χ1) is 54.7. The summed E-state index contributed by atoms with van der Waals surface area (Å²) in [4.78, 5) is 125. The van der Waals surface area contributed by atoms with Crippen LogP contribution in [0.25, 0.3) is 0 Å². The molecule has 3 unspecified atom stereocenters. The number of alkyl halides is 7. The summed E-state index contributed by atoms with van der Waals surface area (Å²) in [6.45, 7) is 26.9. The maximum Gasteiger partial charge on any atom is 0.351 e. The van der Waals surface area contributed by atoms with Crippen molar-refractivity contribution >= 4 is 23.6 Å². The SMILES string of the molecule is CC(=O)OC1O[C@](C)(CO)[C@@H](O)[C@H]1F.CC[C@@]1(C)OC(OC(C)=O)[C@H](F)[C@@H]1C.CC[C@@]1(C)OC(n2ccc(=O)[nH]c2=O)[C@H](F)[C@@H]1C.CC[C@@]1(C)O[C@@H](n2ccc(=O)[nH]c2=O)[C@H](F)[C@@H]1C.CC[C@@]1(C)O[C@@H](n2ccc(N)nc2=O)[C@H](F)[C@@H]1C.C[C@]1(CO)O[C@@H](n2ccc(=O)[nH]c2=O)[C@H](F)[C@@H]1O.C[C@]1(CO)O[C@@H](n2ccc(N)nc2=O)[C@H](F)[C@@H]1O. The van der Waals surface area contributed by atoms with Crippen LogP contribution in [0.15, 0.2) is 99.7 Å². The number of aromatic amines is 3. The summed E-state index contributed by atoms with van der Waals surface area (Å²) in [7, 11) is 0. The summed E-state index contributed by atoms with van der Waals surface area (Å²) >= 11 is 0. The van der Waals surface area contributed by atoms with E-state index in [2.05, 4.69) is 24.7 Å². The fourth-order valence-electron chi connectivity index (χ4n) is 13.5. The lowest BCUT2D eigenvalue weighted by atomic mass is 9.87. The number of aliphatic hydroxyl groups is 6. The van der Waals surface area contributed by atoms with Crippen LogP contribution in [0.2, 0.25) is 0 Å². The Labute approximate surface area is 670 Å². The second-order valence-corrected chi connectivity index (χ2v) is 31.0. The lowest BCUT2D eigenvalue weighted by Gasteiger charge is -2.26. The van der Waals surface area contributed by atoms with Crippen LogP contribution in [0.1, 0.15) is 175 Å². The van der Waals surface area contributed by atoms with Gasteiger partial charge in [-0.25, -0.2) is 54.7 Å². The number of ether oxygens (including phenoxy) is 9. The van der Waals surface area contributed by atoms with Gasteiger partial charge >= 0.3 is 40.4 Å². The predicted molar refractivity (Wildman–Crippen MR) is 404 cm³/mol. The minimum absolute atomic E-state index is 0.00937. The van der Waals surface area contributed by atoms with Gasteiger partial charge in [0.2, 0.25) is 12.6 Å². The van der Waals surface area contributed by atoms with Crippen molar-refractivity contribution in [2.75, 3.05) is 31.3 Å². The summed E-state index contributed by atoms with van der Waals surface area (Å²) in [5.41, 5.74) is -1.05. The van der Waals surface area contributed by atoms with Crippen molar-refractivity contribution in [3.8, 4) is 0 Å². The van der Waals surface area contributed by atoms with Crippen LogP contribution < -0.4 is 56.6 Å². The van der Waals surface area contributed by atoms with Gasteiger partial charge in [-0.1, -0.05) is 55.4 Å². The van der Waals surface area contributed by atoms with Gasteiger partial charge in [0.15, 0.2) is 74.3 Å². The number of H-pyrrole nitrogens is 3. The molecule has 0 radical (unpaired) electrons. The molecule has 0 saturated carbocycles. The number of halogens is 7. The molecule has 37 nitrogen and oxygen atoms in total. The lowest BCUT2D eigenvalue weighted by Crippen LogP contribution is -2.42. The average molecular weight is 1700 g/mol. The molecule has 7 fully saturated rings. The second-order valence-electron chi connectivity index (χ2n) is 31.0. The molecule has 5 aromatic rings. The number of nitrogens with two attached hydrogens (primary N) is 2. The summed E-state index contributed by atoms with van der Waals surface area (Å²) in [5, 5.41) is 55.8. The second kappa shape index (κ2) is 39.2. The number of nitrogens with one attached hydrogen (secondary N) is 3. The smallest absolute Gasteiger partial charge is 0.351 e. The topological polar surface area (TPSA) is 525 Å². The van der Waals surface area contributed by atoms with E-state index in [-0.39, 0.29) is 35.3 Å². The van der Waals surface area contributed by atoms with E-state index in [0.29, 0.717) is 25.7 Å². The average Bonchev–Trinajstić information content (AvgIpc) is 1.58. The molecule has 12 rings (SSSR count). The number of rotatable bonds is 14. The molecule has 0 bridgehead atoms. The highest BCUT2D eigenvalue weighted by Gasteiger charge is 2.58. The maximum absolute atomic E-state index is 14.3. The minimum Gasteiger partial charge on any atom is -0.433 e. The fourth-order valence-corrected chi connectivity index (χ4v) is 13.5. The van der Waals surface area contributed by atoms with E-state index in [9.17, 15) is 94.0 Å². The van der Waals surface area contributed by atoms with Gasteiger partial charge in [0.1, 0.15) is 46.8 Å². The van der Waals surface area contributed by atoms with Crippen LogP contribution in [0.3, 0.4) is 0 Å². The molecular formula is C74H109F7N12O25. The maximum atomic E-state index is 14.3. The van der Waals surface area contributed by atoms with Crippen molar-refractivity contribution < 1.29 is 114 Å². The molecule has 12 heterocycles. The summed E-state index contributed by atoms with van der Waals surface area (Å²) in [6, 6.07) is 6.19. The van der Waals surface area contributed by atoms with E-state index in [4.69, 9.17) is 64.7 Å². The molecule has 664 valence electrons. The highest BCUT2D eigenvalue weighted by molar-refractivity contribution is 5.66. The summed E-state index contributed by atoms with van der Waals surface area (Å²) < 4.78 is 150. The fraction of sp³-hybridized carbons (Fsp3) is 0.703. The standard InChI is InChI=1S/C12H18FN3O2.2C12H17FN2O3.C10H14FN3O4.C10H13FN2O5.C10H17FO3.C8H13FO5/c1-4-12(3)7(2)9(13)10(18-12)16-6-5-8(14)15-11(16)17;2*1-4-12(3)7(2)9(13)10(18-12)15-6-5-8(16)14-11(15)17;1-10(4-15)7(16)6(11)8(18-10)14-3-2-5(12)13-9(14)17;1-10(4-14)7(16)6(11)8(18-10)13-3-2-5(15)12-9(13)17;1-5-10(4)6(2)8(11)9(14-10)13-7(3)12;1-4(11)13-7-5(9)6(12)8(2,3-10)14-7/h5-7,9-10H,4H2,1-3H3,(H2,14,15,17);2*5-7,9-10H,4H2,1-3H3,(H,14,16,17);2-3,6-8,15-16H,4H2,1H3,(H2,12,13,17);2-3,6-8,14,16H,4H2,1H3,(H,12,15,17);6,8-9H,5H2,1-4H3;5-7,10,12H,3H2,1-2H3/t7-,9+,10+,12+;7-,9+,10?,12+;7-,9+,10+,12+;2*6-,7+,8-,10-;6-,8+,9?,10+;5-,6+,7?,8-/m0001101/s1. The predicted octanol–water partition coefficient (Wildman–Crippen LogP) is 2.64. The molecular weight excluding hydrogens is 1590 g/mol. The zero-order chi connectivity index (χ0) is 89.4. The van der Waals surface area contributed by atoms with Crippen LogP contribution in [-0.4, -0.2) is 223 Å². The lowest BCUT2D eigenvalue weighted by molar-refractivity contribution is -0.197. The Morgan fingerprint density at radius 2 is 0.619 bits per heavy atom. The van der Waals surface area contributed by atoms with Crippen molar-refractivity contribution in [1.82, 2.24) is 47.8 Å². The monoisotopic (exact) mass is 1700 g/mol. The molecule has 13 N–H and O–H groups in total. The third-order valence-corrected chi connectivity index (χ3v) is 23.1. The Hall–Kier alpha value is -8.67. The molecule has 5 aromatic heterocycles. The van der Waals surface area contributed by atoms with Crippen LogP contribution in [-0.2, 0) is 52.2 Å². The van der Waals surface area contributed by atoms with Crippen molar-refractivity contribution in [2.24, 2.45) is 23.7 Å². The Kier molecular flexibility index (Phi) is 32.6. The van der Waals surface area contributed by atoms with Gasteiger partial charge in [-0.3, -0.25) is 61.8 Å². The third-order valence-electron chi connectivity index (χ3n) is 23.1. The van der Waals surface area contributed by atoms with Gasteiger partial charge < -0.3 is 84.7 Å². The molecule has 44 heteroatoms. The number of hydrogen-bond acceptors (Lipinski definition) is 29. The minimum atomic E-state index is -1.88. The largest absolute Gasteiger partial charge is 0.433 e. The van der Waals surface area contributed by atoms with Gasteiger partial charge in [0.05, 0.1) is 42.2 Å². The number of aromatic nitrogens is 10. The highest BCUT2D eigenvalue weighted by atomic mass is 19.2. The molecule has 0 amide bonds. The Morgan fingerprint density at radius 1 is 0.390 bits per heavy atom. The molecule has 28 atom stereocenters. The third kappa shape index (κ3) is 21.4. The number of nitrogens with zero attached hydrogens (tertiary/aromatic N) is 7. The van der Waals surface area contributed by atoms with Gasteiger partial charge in [0, 0.05) is 86.7 Å². The first-order valence-corrected chi connectivity index (χ1v) is 37.8. The number of hydrogen-bond donors (Lipinski definition) is 11. The van der Waals surface area contributed by atoms with Crippen molar-refractivity contribution in [3.05, 3.63) is 145 Å². The first-order valence-electron chi connectivity index (χ1n) is 37.8. The Balaban J connectivity index is 0.000000214. The molecule has 0 aliphatic carbocycles. The van der Waals surface area contributed by atoms with E-state index in [1.807, 2.05) is 60.4 Å². The quantitative estimate of drug-likeness (QED) is 0.0562. The number of aliphatic hydroxyl groups excluding tert-OH is 6. The molecule has 7 saturated heterocycles. The van der Waals surface area contributed by atoms with Crippen LogP contribution >= 0.6 is 0 Å². The zero-order valence-electron chi connectivity index (χ0n) is 68.2. The highest BCUT2D eigenvalue weighted by Crippen LogP contribution is 2.48. The first kappa shape index (κ1) is 98.2. The van der Waals surface area contributed by atoms with Crippen LogP contribution in [0.4, 0.5) is 42.4 Å². The van der Waals surface area contributed by atoms with Crippen molar-refractivity contribution in [3.63, 3.8) is 0 Å². The molecule has 0 aromatic carbocycles. The van der Waals surface area contributed by atoms with Gasteiger partial charge in [-0.15, -0.1) is 0 Å². The number of anilines is 2.